The van der Waals surface area contributed by atoms with Gasteiger partial charge in [0.2, 0.25) is 5.91 Å². The number of nitrogens with one attached hydrogen (secondary N) is 1. The number of carbonyl (C=O) groups is 2. The average molecular weight is 408 g/mol. The highest BCUT2D eigenvalue weighted by atomic mass is 16.2. The second-order valence-electron chi connectivity index (χ2n) is 8.26. The summed E-state index contributed by atoms with van der Waals surface area (Å²) in [5, 5.41) is 2.95. The van der Waals surface area contributed by atoms with E-state index >= 15 is 0 Å². The van der Waals surface area contributed by atoms with E-state index in [4.69, 9.17) is 5.73 Å². The van der Waals surface area contributed by atoms with Gasteiger partial charge in [-0.3, -0.25) is 14.5 Å². The molecule has 158 valence electrons. The molecule has 7 heteroatoms. The molecule has 3 rings (SSSR count). The van der Waals surface area contributed by atoms with Crippen molar-refractivity contribution in [3.63, 3.8) is 0 Å². The smallest absolute Gasteiger partial charge is 0.270 e. The van der Waals surface area contributed by atoms with Crippen molar-refractivity contribution >= 4 is 17.8 Å². The second-order valence-corrected chi connectivity index (χ2v) is 8.26. The molecule has 2 atom stereocenters. The number of pyridine rings is 1. The molecule has 3 N–H and O–H groups in total. The molecule has 2 amide bonds. The number of benzene rings is 1. The molecule has 0 fully saturated rings. The molecule has 1 aliphatic rings. The fourth-order valence-corrected chi connectivity index (χ4v) is 3.35. The molecule has 0 saturated heterocycles. The number of rotatable bonds is 6. The summed E-state index contributed by atoms with van der Waals surface area (Å²) in [5.41, 5.74) is 7.49. The van der Waals surface area contributed by atoms with Gasteiger partial charge in [-0.1, -0.05) is 50.2 Å². The van der Waals surface area contributed by atoms with Crippen LogP contribution in [-0.4, -0.2) is 33.2 Å². The highest BCUT2D eigenvalue weighted by Gasteiger charge is 2.38. The number of hydrogen-bond acceptors (Lipinski definition) is 5. The summed E-state index contributed by atoms with van der Waals surface area (Å²) >= 11 is 0. The van der Waals surface area contributed by atoms with Crippen LogP contribution in [0.3, 0.4) is 0 Å². The van der Waals surface area contributed by atoms with Crippen LogP contribution in [0.5, 0.6) is 0 Å². The standard InChI is InChI=1S/C23H29N5O2/c1-15(2)23(4)13-20(29)28(22(24)27-23)14-18-11-8-12-19(26-18)21(30)25-16(3)17-9-6-5-7-10-17/h5-12,15-16H,13-14H2,1-4H3,(H2,24,27)(H,25,30). The third kappa shape index (κ3) is 4.67. The van der Waals surface area contributed by atoms with Crippen molar-refractivity contribution in [2.75, 3.05) is 0 Å². The van der Waals surface area contributed by atoms with E-state index in [9.17, 15) is 9.59 Å². The molecule has 2 heterocycles. The normalized spacial score (nSPS) is 20.1. The fraction of sp³-hybridized carbons (Fsp3) is 0.391. The zero-order chi connectivity index (χ0) is 21.9. The first kappa shape index (κ1) is 21.5. The Hall–Kier alpha value is -3.22. The second kappa shape index (κ2) is 8.65. The van der Waals surface area contributed by atoms with Crippen LogP contribution in [0.4, 0.5) is 0 Å². The summed E-state index contributed by atoms with van der Waals surface area (Å²) in [6.07, 6.45) is 0.292. The van der Waals surface area contributed by atoms with Gasteiger partial charge in [-0.05, 0) is 37.5 Å². The minimum Gasteiger partial charge on any atom is -0.369 e. The van der Waals surface area contributed by atoms with E-state index in [1.165, 1.54) is 4.90 Å². The van der Waals surface area contributed by atoms with Crippen molar-refractivity contribution in [3.8, 4) is 0 Å². The molecule has 0 saturated carbocycles. The summed E-state index contributed by atoms with van der Waals surface area (Å²) < 4.78 is 0. The number of hydrogen-bond donors (Lipinski definition) is 2. The Morgan fingerprint density at radius 3 is 2.50 bits per heavy atom. The molecule has 0 aliphatic carbocycles. The van der Waals surface area contributed by atoms with Gasteiger partial charge in [0.05, 0.1) is 30.2 Å². The lowest BCUT2D eigenvalue weighted by Gasteiger charge is -2.37. The zero-order valence-electron chi connectivity index (χ0n) is 17.9. The van der Waals surface area contributed by atoms with Crippen LogP contribution in [-0.2, 0) is 11.3 Å². The molecule has 7 nitrogen and oxygen atoms in total. The molecule has 1 aromatic heterocycles. The van der Waals surface area contributed by atoms with Gasteiger partial charge in [0, 0.05) is 0 Å². The topological polar surface area (TPSA) is 101 Å². The first-order valence-electron chi connectivity index (χ1n) is 10.2. The predicted molar refractivity (Wildman–Crippen MR) is 117 cm³/mol. The number of amides is 2. The quantitative estimate of drug-likeness (QED) is 0.768. The van der Waals surface area contributed by atoms with Gasteiger partial charge in [0.1, 0.15) is 5.69 Å². The van der Waals surface area contributed by atoms with E-state index in [2.05, 4.69) is 15.3 Å². The lowest BCUT2D eigenvalue weighted by atomic mass is 9.84. The maximum absolute atomic E-state index is 12.7. The van der Waals surface area contributed by atoms with Gasteiger partial charge in [-0.25, -0.2) is 9.98 Å². The largest absolute Gasteiger partial charge is 0.369 e. The van der Waals surface area contributed by atoms with Crippen molar-refractivity contribution in [1.29, 1.82) is 0 Å². The number of nitrogens with two attached hydrogens (primary N) is 1. The highest BCUT2D eigenvalue weighted by molar-refractivity contribution is 5.99. The van der Waals surface area contributed by atoms with Crippen LogP contribution in [0.25, 0.3) is 0 Å². The molecule has 0 spiro atoms. The minimum atomic E-state index is -0.500. The predicted octanol–water partition coefficient (Wildman–Crippen LogP) is 3.03. The first-order chi connectivity index (χ1) is 14.2. The molecule has 0 bridgehead atoms. The molecular weight excluding hydrogens is 378 g/mol. The SMILES string of the molecule is CC(NC(=O)c1cccc(CN2C(=O)CC(C)(C(C)C)N=C2N)n1)c1ccccc1. The van der Waals surface area contributed by atoms with Crippen molar-refractivity contribution in [1.82, 2.24) is 15.2 Å². The molecule has 2 unspecified atom stereocenters. The van der Waals surface area contributed by atoms with Crippen molar-refractivity contribution < 1.29 is 9.59 Å². The third-order valence-electron chi connectivity index (χ3n) is 5.71. The molecule has 30 heavy (non-hydrogen) atoms. The number of nitrogens with zero attached hydrogens (tertiary/aromatic N) is 3. The number of aromatic nitrogens is 1. The number of aliphatic imine (C=N–C) groups is 1. The van der Waals surface area contributed by atoms with E-state index < -0.39 is 5.54 Å². The van der Waals surface area contributed by atoms with Gasteiger partial charge in [-0.15, -0.1) is 0 Å². The molecule has 2 aromatic rings. The Morgan fingerprint density at radius 2 is 1.87 bits per heavy atom. The van der Waals surface area contributed by atoms with Crippen LogP contribution in [0.1, 0.15) is 61.9 Å². The zero-order valence-corrected chi connectivity index (χ0v) is 17.9. The number of carbonyl (C=O) groups excluding carboxylic acids is 2. The van der Waals surface area contributed by atoms with Gasteiger partial charge in [0.15, 0.2) is 5.96 Å². The van der Waals surface area contributed by atoms with E-state index in [0.717, 1.165) is 5.56 Å². The third-order valence-corrected chi connectivity index (χ3v) is 5.71. The monoisotopic (exact) mass is 407 g/mol. The van der Waals surface area contributed by atoms with Gasteiger partial charge < -0.3 is 11.1 Å². The van der Waals surface area contributed by atoms with Crippen LogP contribution < -0.4 is 11.1 Å². The van der Waals surface area contributed by atoms with Crippen LogP contribution in [0.2, 0.25) is 0 Å². The molecule has 1 aliphatic heterocycles. The van der Waals surface area contributed by atoms with Crippen LogP contribution in [0.15, 0.2) is 53.5 Å². The first-order valence-corrected chi connectivity index (χ1v) is 10.2. The maximum atomic E-state index is 12.7. The van der Waals surface area contributed by atoms with Crippen LogP contribution in [0, 0.1) is 5.92 Å². The van der Waals surface area contributed by atoms with Gasteiger partial charge >= 0.3 is 0 Å². The highest BCUT2D eigenvalue weighted by Crippen LogP contribution is 2.30. The van der Waals surface area contributed by atoms with Crippen molar-refractivity contribution in [3.05, 3.63) is 65.5 Å². The van der Waals surface area contributed by atoms with E-state index in [1.807, 2.05) is 58.0 Å². The number of guanidine groups is 1. The summed E-state index contributed by atoms with van der Waals surface area (Å²) in [6, 6.07) is 14.8. The summed E-state index contributed by atoms with van der Waals surface area (Å²) in [5.74, 6) is 0.0240. The van der Waals surface area contributed by atoms with Gasteiger partial charge in [0.25, 0.3) is 5.91 Å². The fourth-order valence-electron chi connectivity index (χ4n) is 3.35. The Kier molecular flexibility index (Phi) is 6.20. The molecule has 1 aromatic carbocycles. The molecular formula is C23H29N5O2. The van der Waals surface area contributed by atoms with E-state index in [0.29, 0.717) is 17.8 Å². The Bertz CT molecular complexity index is 957. The van der Waals surface area contributed by atoms with Gasteiger partial charge in [-0.2, -0.15) is 0 Å². The maximum Gasteiger partial charge on any atom is 0.270 e. The Morgan fingerprint density at radius 1 is 1.17 bits per heavy atom. The minimum absolute atomic E-state index is 0.0898. The van der Waals surface area contributed by atoms with Crippen molar-refractivity contribution in [2.45, 2.75) is 52.2 Å². The van der Waals surface area contributed by atoms with Crippen LogP contribution >= 0.6 is 0 Å². The van der Waals surface area contributed by atoms with Crippen molar-refractivity contribution in [2.24, 2.45) is 16.6 Å². The lowest BCUT2D eigenvalue weighted by Crippen LogP contribution is -2.51. The Labute approximate surface area is 177 Å². The average Bonchev–Trinajstić information content (AvgIpc) is 2.71. The summed E-state index contributed by atoms with van der Waals surface area (Å²) in [7, 11) is 0. The van der Waals surface area contributed by atoms with E-state index in [-0.39, 0.29) is 36.3 Å². The summed E-state index contributed by atoms with van der Waals surface area (Å²) in [4.78, 5) is 35.8. The molecule has 0 radical (unpaired) electrons. The lowest BCUT2D eigenvalue weighted by molar-refractivity contribution is -0.130. The van der Waals surface area contributed by atoms with E-state index in [1.54, 1.807) is 18.2 Å². The summed E-state index contributed by atoms with van der Waals surface area (Å²) in [6.45, 7) is 8.10. The Balaban J connectivity index is 1.73.